The largest absolute Gasteiger partial charge is 0.377 e. The molecule has 0 saturated carbocycles. The van der Waals surface area contributed by atoms with E-state index in [1.54, 1.807) is 6.26 Å². The van der Waals surface area contributed by atoms with E-state index in [0.29, 0.717) is 79.2 Å². The summed E-state index contributed by atoms with van der Waals surface area (Å²) in [5.74, 6) is -0.0611. The van der Waals surface area contributed by atoms with Gasteiger partial charge in [-0.3, -0.25) is 9.59 Å². The van der Waals surface area contributed by atoms with Gasteiger partial charge in [0.25, 0.3) is 0 Å². The molecule has 160 valence electrons. The van der Waals surface area contributed by atoms with Crippen molar-refractivity contribution < 1.29 is 38.0 Å². The van der Waals surface area contributed by atoms with Crippen LogP contribution in [0.1, 0.15) is 6.92 Å². The first-order chi connectivity index (χ1) is 13.2. The Bertz CT molecular complexity index is 360. The highest BCUT2D eigenvalue weighted by molar-refractivity contribution is 8.13. The third kappa shape index (κ3) is 23.2. The standard InChI is InChI=1S/C17H33NO8S/c1-16(19)18-3-4-21-5-6-22-7-8-23-9-10-24-11-12-25-13-14-26-15-17(20)27-2/h3-15H2,1-2H3,(H,18,19). The normalized spacial score (nSPS) is 10.9. The van der Waals surface area contributed by atoms with Gasteiger partial charge >= 0.3 is 0 Å². The highest BCUT2D eigenvalue weighted by Gasteiger charge is 1.98. The third-order valence-corrected chi connectivity index (χ3v) is 3.50. The van der Waals surface area contributed by atoms with Gasteiger partial charge in [0, 0.05) is 13.5 Å². The molecule has 0 rings (SSSR count). The van der Waals surface area contributed by atoms with Crippen LogP contribution < -0.4 is 5.32 Å². The van der Waals surface area contributed by atoms with E-state index in [1.165, 1.54) is 6.92 Å². The number of nitrogens with one attached hydrogen (secondary N) is 1. The molecule has 9 nitrogen and oxygen atoms in total. The lowest BCUT2D eigenvalue weighted by Crippen LogP contribution is -2.25. The SMILES string of the molecule is CSC(=O)COCCOCCOCCOCCOCCOCCNC(C)=O. The average molecular weight is 412 g/mol. The number of carbonyl (C=O) groups excluding carboxylic acids is 2. The second kappa shape index (κ2) is 21.5. The molecule has 0 spiro atoms. The van der Waals surface area contributed by atoms with Crippen LogP contribution in [0.25, 0.3) is 0 Å². The van der Waals surface area contributed by atoms with E-state index < -0.39 is 0 Å². The van der Waals surface area contributed by atoms with E-state index in [-0.39, 0.29) is 17.6 Å². The van der Waals surface area contributed by atoms with Crippen molar-refractivity contribution in [1.29, 1.82) is 0 Å². The summed E-state index contributed by atoms with van der Waals surface area (Å²) in [7, 11) is 0. The van der Waals surface area contributed by atoms with Crippen molar-refractivity contribution in [1.82, 2.24) is 5.32 Å². The van der Waals surface area contributed by atoms with Gasteiger partial charge in [-0.25, -0.2) is 0 Å². The van der Waals surface area contributed by atoms with E-state index in [0.717, 1.165) is 11.8 Å². The maximum Gasteiger partial charge on any atom is 0.216 e. The summed E-state index contributed by atoms with van der Waals surface area (Å²) < 4.78 is 31.8. The minimum Gasteiger partial charge on any atom is -0.377 e. The van der Waals surface area contributed by atoms with Gasteiger partial charge in [-0.15, -0.1) is 0 Å². The van der Waals surface area contributed by atoms with Gasteiger partial charge in [-0.05, 0) is 6.26 Å². The van der Waals surface area contributed by atoms with Gasteiger partial charge in [0.15, 0.2) is 0 Å². The molecule has 1 N–H and O–H groups in total. The fourth-order valence-corrected chi connectivity index (χ4v) is 1.81. The third-order valence-electron chi connectivity index (χ3n) is 2.93. The Hall–Kier alpha value is -0.750. The number of ether oxygens (including phenoxy) is 6. The average Bonchev–Trinajstić information content (AvgIpc) is 2.65. The van der Waals surface area contributed by atoms with Crippen molar-refractivity contribution >= 4 is 22.8 Å². The van der Waals surface area contributed by atoms with Crippen molar-refractivity contribution in [2.75, 3.05) is 92.1 Å². The Morgan fingerprint density at radius 3 is 1.41 bits per heavy atom. The van der Waals surface area contributed by atoms with E-state index in [9.17, 15) is 9.59 Å². The number of hydrogen-bond acceptors (Lipinski definition) is 9. The maximum atomic E-state index is 11.0. The van der Waals surface area contributed by atoms with Crippen LogP contribution in [0, 0.1) is 0 Å². The molecule has 0 saturated heterocycles. The topological polar surface area (TPSA) is 102 Å². The number of thioether (sulfide) groups is 1. The van der Waals surface area contributed by atoms with Crippen LogP contribution in [-0.4, -0.2) is 103 Å². The summed E-state index contributed by atoms with van der Waals surface area (Å²) >= 11 is 1.15. The van der Waals surface area contributed by atoms with Gasteiger partial charge in [0.2, 0.25) is 11.0 Å². The van der Waals surface area contributed by atoms with E-state index in [1.807, 2.05) is 0 Å². The van der Waals surface area contributed by atoms with Crippen LogP contribution >= 0.6 is 11.8 Å². The number of hydrogen-bond donors (Lipinski definition) is 1. The first kappa shape index (κ1) is 26.2. The van der Waals surface area contributed by atoms with Gasteiger partial charge in [0.1, 0.15) is 6.61 Å². The molecule has 0 aromatic heterocycles. The molecule has 0 aliphatic carbocycles. The van der Waals surface area contributed by atoms with Crippen molar-refractivity contribution in [2.45, 2.75) is 6.92 Å². The zero-order valence-electron chi connectivity index (χ0n) is 16.4. The van der Waals surface area contributed by atoms with Crippen molar-refractivity contribution in [2.24, 2.45) is 0 Å². The fraction of sp³-hybridized carbons (Fsp3) is 0.882. The fourth-order valence-electron chi connectivity index (χ4n) is 1.61. The van der Waals surface area contributed by atoms with Crippen molar-refractivity contribution in [3.63, 3.8) is 0 Å². The smallest absolute Gasteiger partial charge is 0.216 e. The molecule has 0 radical (unpaired) electrons. The molecule has 0 aliphatic rings. The lowest BCUT2D eigenvalue weighted by Gasteiger charge is -2.08. The number of rotatable bonds is 20. The highest BCUT2D eigenvalue weighted by atomic mass is 32.2. The minimum atomic E-state index is -0.0611. The number of carbonyl (C=O) groups is 2. The van der Waals surface area contributed by atoms with Crippen LogP contribution in [0.15, 0.2) is 0 Å². The maximum absolute atomic E-state index is 11.0. The molecule has 1 amide bonds. The molecular weight excluding hydrogens is 378 g/mol. The summed E-state index contributed by atoms with van der Waals surface area (Å²) in [6, 6.07) is 0. The summed E-state index contributed by atoms with van der Waals surface area (Å²) in [5.41, 5.74) is 0. The van der Waals surface area contributed by atoms with Crippen molar-refractivity contribution in [3.8, 4) is 0 Å². The van der Waals surface area contributed by atoms with Gasteiger partial charge in [-0.1, -0.05) is 11.8 Å². The Morgan fingerprint density at radius 2 is 1.04 bits per heavy atom. The molecule has 0 atom stereocenters. The van der Waals surface area contributed by atoms with Crippen LogP contribution in [-0.2, 0) is 38.0 Å². The van der Waals surface area contributed by atoms with E-state index in [2.05, 4.69) is 5.32 Å². The van der Waals surface area contributed by atoms with Crippen LogP contribution in [0.5, 0.6) is 0 Å². The summed E-state index contributed by atoms with van der Waals surface area (Å²) in [4.78, 5) is 21.6. The second-order valence-electron chi connectivity index (χ2n) is 5.17. The summed E-state index contributed by atoms with van der Waals surface area (Å²) in [5, 5.41) is 2.65. The lowest BCUT2D eigenvalue weighted by molar-refractivity contribution is -0.119. The predicted octanol–water partition coefficient (Wildman–Crippen LogP) is 0.112. The first-order valence-corrected chi connectivity index (χ1v) is 10.2. The Morgan fingerprint density at radius 1 is 0.667 bits per heavy atom. The molecule has 0 bridgehead atoms. The predicted molar refractivity (Wildman–Crippen MR) is 102 cm³/mol. The molecule has 0 heterocycles. The van der Waals surface area contributed by atoms with E-state index in [4.69, 9.17) is 28.4 Å². The summed E-state index contributed by atoms with van der Waals surface area (Å²) in [6.07, 6.45) is 1.73. The first-order valence-electron chi connectivity index (χ1n) is 8.94. The van der Waals surface area contributed by atoms with Crippen LogP contribution in [0.3, 0.4) is 0 Å². The monoisotopic (exact) mass is 411 g/mol. The summed E-state index contributed by atoms with van der Waals surface area (Å²) in [6.45, 7) is 7.34. The Labute approximate surface area is 165 Å². The molecule has 0 unspecified atom stereocenters. The Kier molecular flexibility index (Phi) is 21.0. The highest BCUT2D eigenvalue weighted by Crippen LogP contribution is 1.94. The van der Waals surface area contributed by atoms with Gasteiger partial charge in [-0.2, -0.15) is 0 Å². The molecule has 0 aromatic rings. The molecule has 0 aliphatic heterocycles. The van der Waals surface area contributed by atoms with Crippen LogP contribution in [0.2, 0.25) is 0 Å². The van der Waals surface area contributed by atoms with Gasteiger partial charge in [0.05, 0.1) is 72.7 Å². The lowest BCUT2D eigenvalue weighted by atomic mass is 10.6. The van der Waals surface area contributed by atoms with E-state index >= 15 is 0 Å². The molecule has 27 heavy (non-hydrogen) atoms. The van der Waals surface area contributed by atoms with Gasteiger partial charge < -0.3 is 33.7 Å². The molecular formula is C17H33NO8S. The zero-order valence-corrected chi connectivity index (χ0v) is 17.2. The van der Waals surface area contributed by atoms with Crippen molar-refractivity contribution in [3.05, 3.63) is 0 Å². The minimum absolute atomic E-state index is 0.00997. The zero-order chi connectivity index (χ0) is 20.0. The quantitative estimate of drug-likeness (QED) is 0.280. The second-order valence-corrected chi connectivity index (χ2v) is 6.04. The number of amides is 1. The Balaban J connectivity index is 3.03. The molecule has 0 fully saturated rings. The van der Waals surface area contributed by atoms with Crippen LogP contribution in [0.4, 0.5) is 0 Å². The molecule has 10 heteroatoms. The molecule has 0 aromatic carbocycles.